The number of aromatic nitrogens is 1. The van der Waals surface area contributed by atoms with Gasteiger partial charge in [0.1, 0.15) is 5.82 Å². The predicted octanol–water partition coefficient (Wildman–Crippen LogP) is 2.48. The van der Waals surface area contributed by atoms with Crippen LogP contribution in [-0.2, 0) is 9.59 Å². The van der Waals surface area contributed by atoms with Crippen molar-refractivity contribution in [2.45, 2.75) is 51.4 Å². The van der Waals surface area contributed by atoms with Gasteiger partial charge in [-0.3, -0.25) is 9.59 Å². The second-order valence-corrected chi connectivity index (χ2v) is 9.53. The number of carbonyl (C=O) groups is 2. The van der Waals surface area contributed by atoms with Crippen molar-refractivity contribution in [3.8, 4) is 0 Å². The molecule has 4 heterocycles. The Hall–Kier alpha value is -2.15. The summed E-state index contributed by atoms with van der Waals surface area (Å²) in [6, 6.07) is 4.13. The number of carboxylic acid groups (broad SMARTS) is 1. The molecular weight excluding hydrogens is 380 g/mol. The number of anilines is 1. The highest BCUT2D eigenvalue weighted by atomic mass is 16.4. The number of pyridine rings is 1. The first-order valence-corrected chi connectivity index (χ1v) is 11.4. The molecule has 3 saturated heterocycles. The van der Waals surface area contributed by atoms with Crippen molar-refractivity contribution in [1.29, 1.82) is 0 Å². The van der Waals surface area contributed by atoms with Crippen molar-refractivity contribution in [3.05, 3.63) is 23.9 Å². The number of rotatable bonds is 5. The summed E-state index contributed by atoms with van der Waals surface area (Å²) < 4.78 is 0. The van der Waals surface area contributed by atoms with E-state index in [0.717, 1.165) is 89.2 Å². The first-order valence-electron chi connectivity index (χ1n) is 11.4. The van der Waals surface area contributed by atoms with Gasteiger partial charge in [-0.05, 0) is 76.1 Å². The number of carboxylic acids is 1. The molecule has 0 saturated carbocycles. The number of likely N-dealkylation sites (tertiary alicyclic amines) is 1. The first-order chi connectivity index (χ1) is 14.4. The maximum absolute atomic E-state index is 12.1. The fourth-order valence-electron chi connectivity index (χ4n) is 5.03. The van der Waals surface area contributed by atoms with Crippen LogP contribution in [0.4, 0.5) is 5.82 Å². The quantitative estimate of drug-likeness (QED) is 0.770. The van der Waals surface area contributed by atoms with E-state index in [2.05, 4.69) is 32.2 Å². The number of aliphatic carboxylic acids is 1. The third kappa shape index (κ3) is 4.61. The number of piperidine rings is 3. The summed E-state index contributed by atoms with van der Waals surface area (Å²) in [7, 11) is 0. The Labute approximate surface area is 178 Å². The van der Waals surface area contributed by atoms with Crippen LogP contribution in [0.15, 0.2) is 18.3 Å². The standard InChI is InChI=1S/C23H34N4O3/c1-23(22(29)30)8-13-26(14-9-23)16-17-6-11-27(12-7-17)20-5-4-18(15-25-20)19-3-2-10-24-21(19)28/h4-5,15,17,19H,2-3,6-14,16H2,1H3,(H,24,28)(H,29,30). The van der Waals surface area contributed by atoms with E-state index in [-0.39, 0.29) is 11.8 Å². The Morgan fingerprint density at radius 3 is 2.53 bits per heavy atom. The smallest absolute Gasteiger partial charge is 0.309 e. The Morgan fingerprint density at radius 2 is 1.93 bits per heavy atom. The van der Waals surface area contributed by atoms with E-state index >= 15 is 0 Å². The minimum absolute atomic E-state index is 0.0569. The molecule has 1 unspecified atom stereocenters. The SMILES string of the molecule is CC1(C(=O)O)CCN(CC2CCN(c3ccc(C4CCCNC4=O)cn3)CC2)CC1. The van der Waals surface area contributed by atoms with E-state index in [1.165, 1.54) is 0 Å². The molecule has 0 radical (unpaired) electrons. The van der Waals surface area contributed by atoms with Gasteiger partial charge in [-0.2, -0.15) is 0 Å². The Bertz CT molecular complexity index is 750. The fourth-order valence-corrected chi connectivity index (χ4v) is 5.03. The van der Waals surface area contributed by atoms with Gasteiger partial charge >= 0.3 is 5.97 Å². The van der Waals surface area contributed by atoms with Gasteiger partial charge in [-0.25, -0.2) is 4.98 Å². The van der Waals surface area contributed by atoms with Gasteiger partial charge in [0.15, 0.2) is 0 Å². The topological polar surface area (TPSA) is 85.8 Å². The molecule has 0 aliphatic carbocycles. The van der Waals surface area contributed by atoms with Crippen LogP contribution in [0.2, 0.25) is 0 Å². The minimum atomic E-state index is -0.655. The number of nitrogens with zero attached hydrogens (tertiary/aromatic N) is 3. The number of hydrogen-bond donors (Lipinski definition) is 2. The van der Waals surface area contributed by atoms with Gasteiger partial charge in [0.2, 0.25) is 5.91 Å². The number of hydrogen-bond acceptors (Lipinski definition) is 5. The number of carbonyl (C=O) groups excluding carboxylic acids is 1. The zero-order valence-electron chi connectivity index (χ0n) is 18.0. The van der Waals surface area contributed by atoms with Crippen molar-refractivity contribution in [1.82, 2.24) is 15.2 Å². The molecule has 164 valence electrons. The zero-order valence-corrected chi connectivity index (χ0v) is 18.0. The van der Waals surface area contributed by atoms with Crippen LogP contribution in [0.3, 0.4) is 0 Å². The number of nitrogens with one attached hydrogen (secondary N) is 1. The second-order valence-electron chi connectivity index (χ2n) is 9.53. The Balaban J connectivity index is 1.25. The van der Waals surface area contributed by atoms with Crippen LogP contribution in [0.25, 0.3) is 0 Å². The zero-order chi connectivity index (χ0) is 21.1. The van der Waals surface area contributed by atoms with E-state index < -0.39 is 11.4 Å². The molecule has 0 bridgehead atoms. The van der Waals surface area contributed by atoms with Crippen molar-refractivity contribution in [3.63, 3.8) is 0 Å². The molecule has 30 heavy (non-hydrogen) atoms. The van der Waals surface area contributed by atoms with Crippen LogP contribution in [0.5, 0.6) is 0 Å². The van der Waals surface area contributed by atoms with Gasteiger partial charge in [0, 0.05) is 32.4 Å². The lowest BCUT2D eigenvalue weighted by Crippen LogP contribution is -2.45. The van der Waals surface area contributed by atoms with Crippen LogP contribution in [-0.4, -0.2) is 66.1 Å². The summed E-state index contributed by atoms with van der Waals surface area (Å²) >= 11 is 0. The summed E-state index contributed by atoms with van der Waals surface area (Å²) in [6.45, 7) is 7.52. The van der Waals surface area contributed by atoms with Gasteiger partial charge in [-0.15, -0.1) is 0 Å². The highest BCUT2D eigenvalue weighted by molar-refractivity contribution is 5.84. The molecule has 2 N–H and O–H groups in total. The van der Waals surface area contributed by atoms with Crippen molar-refractivity contribution in [2.24, 2.45) is 11.3 Å². The Kier molecular flexibility index (Phi) is 6.27. The highest BCUT2D eigenvalue weighted by Crippen LogP contribution is 2.32. The second kappa shape index (κ2) is 8.92. The lowest BCUT2D eigenvalue weighted by Gasteiger charge is -2.40. The summed E-state index contributed by atoms with van der Waals surface area (Å²) in [4.78, 5) is 33.0. The van der Waals surface area contributed by atoms with Gasteiger partial charge in [0.05, 0.1) is 11.3 Å². The molecule has 0 aromatic carbocycles. The van der Waals surface area contributed by atoms with E-state index in [1.54, 1.807) is 0 Å². The normalized spacial score (nSPS) is 25.7. The van der Waals surface area contributed by atoms with E-state index in [9.17, 15) is 14.7 Å². The first kappa shape index (κ1) is 21.1. The highest BCUT2D eigenvalue weighted by Gasteiger charge is 2.37. The van der Waals surface area contributed by atoms with Crippen LogP contribution in [0, 0.1) is 11.3 Å². The third-order valence-electron chi connectivity index (χ3n) is 7.39. The predicted molar refractivity (Wildman–Crippen MR) is 116 cm³/mol. The molecule has 0 spiro atoms. The average Bonchev–Trinajstić information content (AvgIpc) is 2.76. The maximum atomic E-state index is 12.1. The molecular formula is C23H34N4O3. The molecule has 1 aromatic rings. The van der Waals surface area contributed by atoms with Crippen LogP contribution < -0.4 is 10.2 Å². The van der Waals surface area contributed by atoms with Crippen molar-refractivity contribution in [2.75, 3.05) is 44.2 Å². The van der Waals surface area contributed by atoms with E-state index in [1.807, 2.05) is 13.1 Å². The van der Waals surface area contributed by atoms with Gasteiger partial charge in [-0.1, -0.05) is 6.07 Å². The molecule has 7 heteroatoms. The third-order valence-corrected chi connectivity index (χ3v) is 7.39. The lowest BCUT2D eigenvalue weighted by molar-refractivity contribution is -0.150. The van der Waals surface area contributed by atoms with E-state index in [0.29, 0.717) is 5.92 Å². The summed E-state index contributed by atoms with van der Waals surface area (Å²) in [6.07, 6.45) is 7.58. The molecule has 7 nitrogen and oxygen atoms in total. The number of amides is 1. The van der Waals surface area contributed by atoms with E-state index in [4.69, 9.17) is 0 Å². The molecule has 1 atom stereocenters. The lowest BCUT2D eigenvalue weighted by atomic mass is 9.80. The molecule has 3 aliphatic heterocycles. The van der Waals surface area contributed by atoms with Crippen LogP contribution in [0.1, 0.15) is 56.9 Å². The molecule has 1 aromatic heterocycles. The molecule has 3 aliphatic rings. The van der Waals surface area contributed by atoms with Crippen molar-refractivity contribution < 1.29 is 14.7 Å². The Morgan fingerprint density at radius 1 is 1.20 bits per heavy atom. The molecule has 3 fully saturated rings. The summed E-state index contributed by atoms with van der Waals surface area (Å²) in [5.74, 6) is 1.08. The summed E-state index contributed by atoms with van der Waals surface area (Å²) in [5, 5.41) is 12.3. The van der Waals surface area contributed by atoms with Crippen LogP contribution >= 0.6 is 0 Å². The molecule has 4 rings (SSSR count). The fraction of sp³-hybridized carbons (Fsp3) is 0.696. The van der Waals surface area contributed by atoms with Gasteiger partial charge in [0.25, 0.3) is 0 Å². The summed E-state index contributed by atoms with van der Waals surface area (Å²) in [5.41, 5.74) is 0.472. The molecule has 1 amide bonds. The average molecular weight is 415 g/mol. The maximum Gasteiger partial charge on any atom is 0.309 e. The van der Waals surface area contributed by atoms with Crippen molar-refractivity contribution >= 4 is 17.7 Å². The van der Waals surface area contributed by atoms with Gasteiger partial charge < -0.3 is 20.2 Å². The largest absolute Gasteiger partial charge is 0.481 e. The monoisotopic (exact) mass is 414 g/mol. The minimum Gasteiger partial charge on any atom is -0.481 e.